The first kappa shape index (κ1) is 26.7. The third-order valence-electron chi connectivity index (χ3n) is 6.99. The first-order valence-electron chi connectivity index (χ1n) is 12.4. The number of likely N-dealkylation sites (N-methyl/N-ethyl adjacent to an activating group) is 1. The number of hydrogen-bond donors (Lipinski definition) is 3. The standard InChI is InChI=1S/C25H38ClFN4O3/c1-29-14-19(13-17-7-3-2-4-8-17)30-25(33)31-12-6-9-18(15-31)24(34-16-22(28)32)20-10-5-11-21(26)23(20)27/h5,10-11,17-19,24,29H,2-4,6-9,12-16H2,1H3,(H2,28,32)(H,30,33)/t18-,19?,24+/m1/s1. The molecule has 0 bridgehead atoms. The summed E-state index contributed by atoms with van der Waals surface area (Å²) in [5.41, 5.74) is 5.57. The Balaban J connectivity index is 1.68. The lowest BCUT2D eigenvalue weighted by atomic mass is 9.85. The molecular formula is C25H38ClFN4O3. The quantitative estimate of drug-likeness (QED) is 0.456. The van der Waals surface area contributed by atoms with E-state index in [4.69, 9.17) is 22.1 Å². The van der Waals surface area contributed by atoms with Crippen LogP contribution in [-0.2, 0) is 9.53 Å². The Hall–Kier alpha value is -1.90. The maximum absolute atomic E-state index is 14.8. The van der Waals surface area contributed by atoms with E-state index in [1.807, 2.05) is 7.05 Å². The summed E-state index contributed by atoms with van der Waals surface area (Å²) in [6.07, 6.45) is 8.05. The number of benzene rings is 1. The van der Waals surface area contributed by atoms with Gasteiger partial charge in [0.15, 0.2) is 0 Å². The maximum Gasteiger partial charge on any atom is 0.317 e. The molecule has 1 aliphatic heterocycles. The number of urea groups is 1. The molecule has 3 amide bonds. The van der Waals surface area contributed by atoms with Gasteiger partial charge in [0.05, 0.1) is 11.1 Å². The predicted molar refractivity (Wildman–Crippen MR) is 131 cm³/mol. The van der Waals surface area contributed by atoms with Crippen molar-refractivity contribution in [3.63, 3.8) is 0 Å². The number of primary amides is 1. The molecule has 0 radical (unpaired) electrons. The highest BCUT2D eigenvalue weighted by Gasteiger charge is 2.34. The van der Waals surface area contributed by atoms with Crippen LogP contribution in [0.4, 0.5) is 9.18 Å². The van der Waals surface area contributed by atoms with E-state index in [1.165, 1.54) is 38.2 Å². The molecule has 4 N–H and O–H groups in total. The number of carbonyl (C=O) groups is 2. The molecule has 0 spiro atoms. The van der Waals surface area contributed by atoms with Crippen molar-refractivity contribution in [3.8, 4) is 0 Å². The van der Waals surface area contributed by atoms with Gasteiger partial charge in [-0.25, -0.2) is 9.18 Å². The fraction of sp³-hybridized carbons (Fsp3) is 0.680. The number of likely N-dealkylation sites (tertiary alicyclic amines) is 1. The predicted octanol–water partition coefficient (Wildman–Crippen LogP) is 4.00. The second kappa shape index (κ2) is 13.3. The topological polar surface area (TPSA) is 96.7 Å². The average Bonchev–Trinajstić information content (AvgIpc) is 2.82. The van der Waals surface area contributed by atoms with Crippen molar-refractivity contribution in [3.05, 3.63) is 34.6 Å². The Kier molecular flexibility index (Phi) is 10.4. The lowest BCUT2D eigenvalue weighted by Gasteiger charge is -2.38. The first-order valence-corrected chi connectivity index (χ1v) is 12.8. The Morgan fingerprint density at radius 3 is 2.71 bits per heavy atom. The highest BCUT2D eigenvalue weighted by Crippen LogP contribution is 2.36. The third-order valence-corrected chi connectivity index (χ3v) is 7.28. The van der Waals surface area contributed by atoms with Crippen LogP contribution in [0.15, 0.2) is 18.2 Å². The van der Waals surface area contributed by atoms with Gasteiger partial charge in [-0.1, -0.05) is 55.8 Å². The Bertz CT molecular complexity index is 821. The van der Waals surface area contributed by atoms with E-state index < -0.39 is 17.8 Å². The van der Waals surface area contributed by atoms with Crippen LogP contribution in [-0.4, -0.2) is 56.2 Å². The van der Waals surface area contributed by atoms with Crippen LogP contribution >= 0.6 is 11.6 Å². The van der Waals surface area contributed by atoms with Crippen LogP contribution in [0.1, 0.15) is 63.0 Å². The Labute approximate surface area is 206 Å². The van der Waals surface area contributed by atoms with Crippen LogP contribution in [0, 0.1) is 17.7 Å². The SMILES string of the molecule is CNCC(CC1CCCCC1)NC(=O)N1CCC[C@@H]([C@H](OCC(N)=O)c2cccc(Cl)c2F)C1. The van der Waals surface area contributed by atoms with E-state index in [1.54, 1.807) is 17.0 Å². The van der Waals surface area contributed by atoms with Gasteiger partial charge in [0.2, 0.25) is 5.91 Å². The minimum atomic E-state index is -0.725. The molecule has 1 heterocycles. The number of halogens is 2. The molecule has 3 atom stereocenters. The zero-order valence-corrected chi connectivity index (χ0v) is 20.8. The molecule has 1 saturated carbocycles. The van der Waals surface area contributed by atoms with Gasteiger partial charge < -0.3 is 26.0 Å². The molecule has 1 aromatic carbocycles. The molecule has 2 fully saturated rings. The second-order valence-electron chi connectivity index (χ2n) is 9.63. The second-order valence-corrected chi connectivity index (χ2v) is 10.0. The molecule has 7 nitrogen and oxygen atoms in total. The molecular weight excluding hydrogens is 459 g/mol. The number of rotatable bonds is 10. The maximum atomic E-state index is 14.8. The zero-order chi connectivity index (χ0) is 24.5. The largest absolute Gasteiger partial charge is 0.368 e. The monoisotopic (exact) mass is 496 g/mol. The summed E-state index contributed by atoms with van der Waals surface area (Å²) in [4.78, 5) is 26.4. The van der Waals surface area contributed by atoms with Crippen LogP contribution < -0.4 is 16.4 Å². The van der Waals surface area contributed by atoms with E-state index in [2.05, 4.69) is 10.6 Å². The number of nitrogens with one attached hydrogen (secondary N) is 2. The number of ether oxygens (including phenoxy) is 1. The summed E-state index contributed by atoms with van der Waals surface area (Å²) in [6, 6.07) is 4.69. The minimum absolute atomic E-state index is 0.00629. The summed E-state index contributed by atoms with van der Waals surface area (Å²) < 4.78 is 20.6. The zero-order valence-electron chi connectivity index (χ0n) is 20.0. The summed E-state index contributed by atoms with van der Waals surface area (Å²) in [5, 5.41) is 6.41. The minimum Gasteiger partial charge on any atom is -0.368 e. The van der Waals surface area contributed by atoms with Gasteiger partial charge in [-0.05, 0) is 38.3 Å². The van der Waals surface area contributed by atoms with E-state index in [0.29, 0.717) is 19.0 Å². The van der Waals surface area contributed by atoms with Gasteiger partial charge in [0, 0.05) is 37.2 Å². The fourth-order valence-corrected chi connectivity index (χ4v) is 5.55. The highest BCUT2D eigenvalue weighted by atomic mass is 35.5. The fourth-order valence-electron chi connectivity index (χ4n) is 5.36. The van der Waals surface area contributed by atoms with Crippen molar-refractivity contribution < 1.29 is 18.7 Å². The van der Waals surface area contributed by atoms with E-state index in [0.717, 1.165) is 25.8 Å². The molecule has 1 unspecified atom stereocenters. The number of piperidine rings is 1. The Morgan fingerprint density at radius 1 is 1.24 bits per heavy atom. The van der Waals surface area contributed by atoms with Gasteiger partial charge in [0.1, 0.15) is 12.4 Å². The van der Waals surface area contributed by atoms with E-state index in [9.17, 15) is 14.0 Å². The molecule has 0 aromatic heterocycles. The van der Waals surface area contributed by atoms with Gasteiger partial charge in [-0.2, -0.15) is 0 Å². The molecule has 34 heavy (non-hydrogen) atoms. The van der Waals surface area contributed by atoms with E-state index in [-0.39, 0.29) is 35.2 Å². The van der Waals surface area contributed by atoms with Crippen molar-refractivity contribution in [2.24, 2.45) is 17.6 Å². The van der Waals surface area contributed by atoms with Gasteiger partial charge >= 0.3 is 6.03 Å². The lowest BCUT2D eigenvalue weighted by Crippen LogP contribution is -2.52. The smallest absolute Gasteiger partial charge is 0.317 e. The van der Waals surface area contributed by atoms with Crippen LogP contribution in [0.3, 0.4) is 0 Å². The van der Waals surface area contributed by atoms with E-state index >= 15 is 0 Å². The number of amides is 3. The first-order chi connectivity index (χ1) is 16.4. The summed E-state index contributed by atoms with van der Waals surface area (Å²) in [5.74, 6) is -0.732. The molecule has 1 aromatic rings. The molecule has 2 aliphatic rings. The molecule has 190 valence electrons. The Morgan fingerprint density at radius 2 is 2.00 bits per heavy atom. The number of nitrogens with two attached hydrogens (primary N) is 1. The summed E-state index contributed by atoms with van der Waals surface area (Å²) in [7, 11) is 1.90. The summed E-state index contributed by atoms with van der Waals surface area (Å²) >= 11 is 6.00. The average molecular weight is 497 g/mol. The van der Waals surface area contributed by atoms with Crippen molar-refractivity contribution in [1.29, 1.82) is 0 Å². The van der Waals surface area contributed by atoms with Gasteiger partial charge in [-0.3, -0.25) is 4.79 Å². The molecule has 1 saturated heterocycles. The normalized spacial score (nSPS) is 21.1. The number of carbonyl (C=O) groups excluding carboxylic acids is 2. The van der Waals surface area contributed by atoms with Crippen molar-refractivity contribution in [2.45, 2.75) is 63.5 Å². The van der Waals surface area contributed by atoms with Crippen molar-refractivity contribution in [1.82, 2.24) is 15.5 Å². The molecule has 1 aliphatic carbocycles. The number of nitrogens with zero attached hydrogens (tertiary/aromatic N) is 1. The molecule has 9 heteroatoms. The number of hydrogen-bond acceptors (Lipinski definition) is 4. The molecule has 3 rings (SSSR count). The highest BCUT2D eigenvalue weighted by molar-refractivity contribution is 6.30. The van der Waals surface area contributed by atoms with Gasteiger partial charge in [0.25, 0.3) is 0 Å². The van der Waals surface area contributed by atoms with Crippen LogP contribution in [0.5, 0.6) is 0 Å². The van der Waals surface area contributed by atoms with Crippen LogP contribution in [0.25, 0.3) is 0 Å². The summed E-state index contributed by atoms with van der Waals surface area (Å²) in [6.45, 7) is 1.41. The third kappa shape index (κ3) is 7.55. The lowest BCUT2D eigenvalue weighted by molar-refractivity contribution is -0.126. The van der Waals surface area contributed by atoms with Gasteiger partial charge in [-0.15, -0.1) is 0 Å². The van der Waals surface area contributed by atoms with Crippen molar-refractivity contribution >= 4 is 23.5 Å². The van der Waals surface area contributed by atoms with Crippen molar-refractivity contribution in [2.75, 3.05) is 33.3 Å². The van der Waals surface area contributed by atoms with Crippen LogP contribution in [0.2, 0.25) is 5.02 Å².